The van der Waals surface area contributed by atoms with Crippen LogP contribution in [-0.2, 0) is 29.3 Å². The summed E-state index contributed by atoms with van der Waals surface area (Å²) in [6.45, 7) is 7.82. The van der Waals surface area contributed by atoms with E-state index in [4.69, 9.17) is 10.2 Å². The van der Waals surface area contributed by atoms with E-state index in [0.29, 0.717) is 71.1 Å². The quantitative estimate of drug-likeness (QED) is 0.0262. The number of amides is 2. The van der Waals surface area contributed by atoms with Crippen molar-refractivity contribution in [2.45, 2.75) is 225 Å². The van der Waals surface area contributed by atoms with E-state index in [-0.39, 0.29) is 49.3 Å². The van der Waals surface area contributed by atoms with E-state index in [0.717, 1.165) is 99.6 Å². The molecule has 24 nitrogen and oxygen atoms in total. The first-order chi connectivity index (χ1) is 46.5. The van der Waals surface area contributed by atoms with E-state index >= 15 is 0 Å². The number of sulfone groups is 2. The zero-order valence-corrected chi connectivity index (χ0v) is 60.5. The van der Waals surface area contributed by atoms with Gasteiger partial charge in [0.15, 0.2) is 19.7 Å². The van der Waals surface area contributed by atoms with Crippen molar-refractivity contribution in [2.24, 2.45) is 0 Å². The van der Waals surface area contributed by atoms with E-state index in [9.17, 15) is 67.3 Å². The summed E-state index contributed by atoms with van der Waals surface area (Å²) < 4.78 is 56.1. The third-order valence-corrected chi connectivity index (χ3v) is 22.5. The molecule has 2 amide bonds. The fourth-order valence-electron chi connectivity index (χ4n) is 12.8. The van der Waals surface area contributed by atoms with Crippen LogP contribution in [0.25, 0.3) is 0 Å². The topological polar surface area (TPSA) is 383 Å². The molecule has 0 unspecified atom stereocenters. The highest BCUT2D eigenvalue weighted by Crippen LogP contribution is 2.43. The molecule has 26 heteroatoms. The maximum atomic E-state index is 14.0. The lowest BCUT2D eigenvalue weighted by atomic mass is 9.86. The second kappa shape index (κ2) is 40.4. The Bertz CT molecular complexity index is 3080. The Labute approximate surface area is 581 Å². The number of carbonyl (C=O) groups is 2. The van der Waals surface area contributed by atoms with Crippen LogP contribution in [-0.4, -0.2) is 219 Å². The van der Waals surface area contributed by atoms with Crippen molar-refractivity contribution in [2.75, 3.05) is 99.5 Å². The minimum Gasteiger partial charge on any atom is -0.394 e. The summed E-state index contributed by atoms with van der Waals surface area (Å²) in [7, 11) is 0.511. The molecule has 0 fully saturated rings. The first-order valence-electron chi connectivity index (χ1n) is 35.0. The highest BCUT2D eigenvalue weighted by Gasteiger charge is 2.45. The predicted molar refractivity (Wildman–Crippen MR) is 385 cm³/mol. The minimum atomic E-state index is -3.61. The van der Waals surface area contributed by atoms with Crippen LogP contribution in [0.2, 0.25) is 0 Å². The number of rotatable bonds is 40. The lowest BCUT2D eigenvalue weighted by Gasteiger charge is -2.37. The summed E-state index contributed by atoms with van der Waals surface area (Å²) in [5.41, 5.74) is 4.97. The first kappa shape index (κ1) is 83.4. The number of nitrogens with one attached hydrogen (secondary N) is 6. The molecule has 16 N–H and O–H groups in total. The Balaban J connectivity index is 0.000000354. The Morgan fingerprint density at radius 3 is 1.13 bits per heavy atom. The van der Waals surface area contributed by atoms with Gasteiger partial charge in [0.2, 0.25) is 11.8 Å². The predicted octanol–water partition coefficient (Wildman–Crippen LogP) is 4.94. The Hall–Kier alpha value is -5.24. The second-order valence-corrected chi connectivity index (χ2v) is 31.1. The van der Waals surface area contributed by atoms with Gasteiger partial charge in [0, 0.05) is 87.9 Å². The molecule has 2 heterocycles. The van der Waals surface area contributed by atoms with Gasteiger partial charge in [-0.15, -0.1) is 0 Å². The van der Waals surface area contributed by atoms with Crippen molar-refractivity contribution in [3.8, 4) is 0 Å². The van der Waals surface area contributed by atoms with E-state index in [1.165, 1.54) is 0 Å². The van der Waals surface area contributed by atoms with Gasteiger partial charge in [-0.25, -0.2) is 16.8 Å². The molecule has 0 bridgehead atoms. The third kappa shape index (κ3) is 24.5. The van der Waals surface area contributed by atoms with Crippen LogP contribution >= 0.6 is 0 Å². The van der Waals surface area contributed by atoms with E-state index in [1.54, 1.807) is 12.1 Å². The SMILES string of the molecule is CCCCC1(CCCC)CS(=O)(=O)c2ccc(N(C)C)cc2[C@@H](c2cccc(NC(=O)CCCCNC[C@H](O)[C@@H](O)[C@H](O)[C@H](O)CO)c2)N1.CCCCC1(CCCC)CS(=O)(=O)c2ccc(N(C)C)cc2[C@H](c2cccc(NC(=O)CCCCNC[C@H](O)[C@@H](O)[C@H](O)[C@H](O)CO)c2)N1. The van der Waals surface area contributed by atoms with Gasteiger partial charge in [0.1, 0.15) is 36.6 Å². The van der Waals surface area contributed by atoms with Crippen LogP contribution in [0.4, 0.5) is 22.7 Å². The van der Waals surface area contributed by atoms with Crippen molar-refractivity contribution in [1.82, 2.24) is 21.3 Å². The molecule has 4 aromatic carbocycles. The number of anilines is 4. The molecular weight excluding hydrogens is 1300 g/mol. The number of unbranched alkanes of at least 4 members (excludes halogenated alkanes) is 6. The molecule has 98 heavy (non-hydrogen) atoms. The molecule has 2 aliphatic heterocycles. The largest absolute Gasteiger partial charge is 0.394 e. The smallest absolute Gasteiger partial charge is 0.224 e. The summed E-state index contributed by atoms with van der Waals surface area (Å²) >= 11 is 0. The molecule has 0 spiro atoms. The Kier molecular flexibility index (Phi) is 34.4. The molecule has 0 radical (unpaired) electrons. The summed E-state index contributed by atoms with van der Waals surface area (Å²) in [6, 6.07) is 25.5. The van der Waals surface area contributed by atoms with E-state index in [1.807, 2.05) is 111 Å². The van der Waals surface area contributed by atoms with E-state index in [2.05, 4.69) is 59.6 Å². The molecular formula is C72H116N8O16S2. The van der Waals surface area contributed by atoms with Gasteiger partial charge in [0.05, 0.1) is 58.8 Å². The molecule has 2 aliphatic rings. The maximum Gasteiger partial charge on any atom is 0.224 e. The molecule has 6 rings (SSSR count). The average molecular weight is 1410 g/mol. The zero-order chi connectivity index (χ0) is 72.4. The number of carbonyl (C=O) groups excluding carboxylic acids is 2. The van der Waals surface area contributed by atoms with Crippen LogP contribution < -0.4 is 41.7 Å². The van der Waals surface area contributed by atoms with Crippen molar-refractivity contribution >= 4 is 54.2 Å². The molecule has 552 valence electrons. The van der Waals surface area contributed by atoms with Crippen LogP contribution in [0.15, 0.2) is 94.7 Å². The van der Waals surface area contributed by atoms with Crippen LogP contribution in [0.3, 0.4) is 0 Å². The summed E-state index contributed by atoms with van der Waals surface area (Å²) in [5, 5.41) is 116. The van der Waals surface area contributed by atoms with Gasteiger partial charge >= 0.3 is 0 Å². The number of hydrogen-bond acceptors (Lipinski definition) is 22. The molecule has 4 aromatic rings. The average Bonchev–Trinajstić information content (AvgIpc) is 1.59. The number of hydrogen-bond donors (Lipinski definition) is 16. The van der Waals surface area contributed by atoms with Crippen molar-refractivity contribution in [1.29, 1.82) is 0 Å². The minimum absolute atomic E-state index is 0.0322. The number of fused-ring (bicyclic) bond motifs is 2. The summed E-state index contributed by atoms with van der Waals surface area (Å²) in [5.74, 6) is -0.268. The van der Waals surface area contributed by atoms with Gasteiger partial charge in [-0.1, -0.05) is 103 Å². The normalized spacial score (nSPS) is 19.2. The van der Waals surface area contributed by atoms with Gasteiger partial charge in [-0.3, -0.25) is 20.2 Å². The molecule has 0 saturated carbocycles. The van der Waals surface area contributed by atoms with Crippen LogP contribution in [0.1, 0.15) is 178 Å². The fourth-order valence-corrected chi connectivity index (χ4v) is 16.9. The van der Waals surface area contributed by atoms with Crippen molar-refractivity contribution in [3.63, 3.8) is 0 Å². The van der Waals surface area contributed by atoms with Crippen molar-refractivity contribution in [3.05, 3.63) is 107 Å². The first-order valence-corrected chi connectivity index (χ1v) is 38.4. The second-order valence-electron chi connectivity index (χ2n) is 27.1. The standard InChI is InChI=1S/2C36H58N4O8S/c2*1-5-7-17-36(18-8-6-2)24-49(47,48)31-16-15-27(40(3)4)21-28(31)33(39-36)25-12-11-13-26(20-25)38-32(44)14-9-10-19-37-22-29(42)34(45)35(46)30(43)23-41/h2*11-13,15-16,20-21,29-30,33-35,37,39,41-43,45-46H,5-10,14,17-19,22-24H2,1-4H3,(H,38,44)/t29-,30+,33+,34+,35+;29-,30+,33-,34+,35+/m00/s1. The summed E-state index contributed by atoms with van der Waals surface area (Å²) in [6.07, 6.45) is 0.887. The van der Waals surface area contributed by atoms with Gasteiger partial charge in [0.25, 0.3) is 0 Å². The monoisotopic (exact) mass is 1410 g/mol. The maximum absolute atomic E-state index is 14.0. The van der Waals surface area contributed by atoms with Gasteiger partial charge < -0.3 is 82.1 Å². The van der Waals surface area contributed by atoms with E-state index < -0.39 is 105 Å². The molecule has 0 saturated heterocycles. The number of aliphatic hydroxyl groups excluding tert-OH is 10. The van der Waals surface area contributed by atoms with Crippen LogP contribution in [0, 0.1) is 0 Å². The van der Waals surface area contributed by atoms with Gasteiger partial charge in [-0.2, -0.15) is 0 Å². The Morgan fingerprint density at radius 1 is 0.480 bits per heavy atom. The zero-order valence-electron chi connectivity index (χ0n) is 58.9. The fraction of sp³-hybridized carbons (Fsp3) is 0.639. The molecule has 0 aromatic heterocycles. The highest BCUT2D eigenvalue weighted by atomic mass is 32.2. The molecule has 0 aliphatic carbocycles. The number of benzene rings is 4. The van der Waals surface area contributed by atoms with Gasteiger partial charge in [-0.05, 0) is 147 Å². The number of aliphatic hydroxyl groups is 10. The summed E-state index contributed by atoms with van der Waals surface area (Å²) in [4.78, 5) is 30.4. The lowest BCUT2D eigenvalue weighted by Crippen LogP contribution is -2.50. The third-order valence-electron chi connectivity index (χ3n) is 18.6. The molecule has 10 atom stereocenters. The highest BCUT2D eigenvalue weighted by molar-refractivity contribution is 7.91. The lowest BCUT2D eigenvalue weighted by molar-refractivity contribution is -0.117. The van der Waals surface area contributed by atoms with Crippen LogP contribution in [0.5, 0.6) is 0 Å². The Morgan fingerprint density at radius 2 is 0.816 bits per heavy atom. The van der Waals surface area contributed by atoms with Crippen molar-refractivity contribution < 1.29 is 77.5 Å². The number of nitrogens with zero attached hydrogens (tertiary/aromatic N) is 2.